The summed E-state index contributed by atoms with van der Waals surface area (Å²) in [7, 11) is 0. The Labute approximate surface area is 81.6 Å². The van der Waals surface area contributed by atoms with Gasteiger partial charge in [-0.2, -0.15) is 0 Å². The van der Waals surface area contributed by atoms with Crippen LogP contribution in [0.1, 0.15) is 51.4 Å². The lowest BCUT2D eigenvalue weighted by Gasteiger charge is -2.24. The first-order valence-electron chi connectivity index (χ1n) is 5.95. The van der Waals surface area contributed by atoms with Gasteiger partial charge in [0.15, 0.2) is 0 Å². The molecule has 0 N–H and O–H groups in total. The smallest absolute Gasteiger partial charge is 0.0419 e. The predicted molar refractivity (Wildman–Crippen MR) is 57.3 cm³/mol. The molecule has 1 heterocycles. The van der Waals surface area contributed by atoms with Gasteiger partial charge in [-0.15, -0.1) is 0 Å². The second kappa shape index (κ2) is 4.78. The van der Waals surface area contributed by atoms with Gasteiger partial charge in [0.1, 0.15) is 0 Å². The van der Waals surface area contributed by atoms with Crippen LogP contribution in [0.15, 0.2) is 4.99 Å². The fourth-order valence-electron chi connectivity index (χ4n) is 2.80. The largest absolute Gasteiger partial charge is 0.297 e. The standard InChI is InChI=1S/C12H21N/c1-2-4-6-11(7-5-3-1)12-8-9-13-10-12/h9,11-12H,1-8,10H2. The lowest BCUT2D eigenvalue weighted by atomic mass is 9.81. The Hall–Kier alpha value is -0.330. The fraction of sp³-hybridized carbons (Fsp3) is 0.917. The molecule has 0 aromatic rings. The van der Waals surface area contributed by atoms with E-state index in [4.69, 9.17) is 0 Å². The Balaban J connectivity index is 1.81. The maximum absolute atomic E-state index is 4.37. The fourth-order valence-corrected chi connectivity index (χ4v) is 2.80. The Morgan fingerprint density at radius 3 is 2.15 bits per heavy atom. The molecule has 1 atom stereocenters. The quantitative estimate of drug-likeness (QED) is 0.584. The molecule has 0 radical (unpaired) electrons. The maximum Gasteiger partial charge on any atom is 0.0419 e. The zero-order chi connectivity index (χ0) is 8.93. The van der Waals surface area contributed by atoms with E-state index in [-0.39, 0.29) is 0 Å². The first-order chi connectivity index (χ1) is 6.47. The number of hydrogen-bond donors (Lipinski definition) is 0. The van der Waals surface area contributed by atoms with Gasteiger partial charge in [0.25, 0.3) is 0 Å². The summed E-state index contributed by atoms with van der Waals surface area (Å²) in [6.07, 6.45) is 13.8. The van der Waals surface area contributed by atoms with E-state index in [1.807, 2.05) is 0 Å². The Morgan fingerprint density at radius 2 is 1.54 bits per heavy atom. The molecule has 1 aliphatic heterocycles. The molecule has 0 spiro atoms. The predicted octanol–water partition coefficient (Wildman–Crippen LogP) is 3.44. The molecule has 1 unspecified atom stereocenters. The highest BCUT2D eigenvalue weighted by Gasteiger charge is 2.22. The van der Waals surface area contributed by atoms with E-state index in [2.05, 4.69) is 11.2 Å². The molecule has 0 amide bonds. The molecule has 0 saturated heterocycles. The van der Waals surface area contributed by atoms with Gasteiger partial charge in [-0.1, -0.05) is 44.9 Å². The number of hydrogen-bond acceptors (Lipinski definition) is 1. The summed E-state index contributed by atoms with van der Waals surface area (Å²) in [5, 5.41) is 0. The summed E-state index contributed by atoms with van der Waals surface area (Å²) in [5.74, 6) is 1.92. The van der Waals surface area contributed by atoms with Crippen LogP contribution in [0.25, 0.3) is 0 Å². The minimum absolute atomic E-state index is 0.915. The number of nitrogens with zero attached hydrogens (tertiary/aromatic N) is 1. The van der Waals surface area contributed by atoms with E-state index in [1.165, 1.54) is 51.4 Å². The van der Waals surface area contributed by atoms with Crippen molar-refractivity contribution in [2.45, 2.75) is 51.4 Å². The van der Waals surface area contributed by atoms with Crippen molar-refractivity contribution in [2.75, 3.05) is 6.54 Å². The van der Waals surface area contributed by atoms with Crippen molar-refractivity contribution in [3.63, 3.8) is 0 Å². The van der Waals surface area contributed by atoms with Crippen LogP contribution < -0.4 is 0 Å². The van der Waals surface area contributed by atoms with Crippen molar-refractivity contribution < 1.29 is 0 Å². The molecule has 74 valence electrons. The topological polar surface area (TPSA) is 12.4 Å². The SMILES string of the molecule is C1=NCC(C2CCCCCCC2)C1. The molecular formula is C12H21N. The molecule has 2 aliphatic rings. The van der Waals surface area contributed by atoms with Crippen molar-refractivity contribution in [1.82, 2.24) is 0 Å². The third kappa shape index (κ3) is 2.55. The van der Waals surface area contributed by atoms with Gasteiger partial charge in [0, 0.05) is 6.54 Å². The molecule has 2 rings (SSSR count). The van der Waals surface area contributed by atoms with Crippen LogP contribution in [0.2, 0.25) is 0 Å². The first-order valence-corrected chi connectivity index (χ1v) is 5.95. The van der Waals surface area contributed by atoms with Gasteiger partial charge < -0.3 is 0 Å². The van der Waals surface area contributed by atoms with Crippen LogP contribution in [-0.2, 0) is 0 Å². The average Bonchev–Trinajstić information content (AvgIpc) is 2.55. The summed E-state index contributed by atoms with van der Waals surface area (Å²) in [6.45, 7) is 1.13. The van der Waals surface area contributed by atoms with Crippen molar-refractivity contribution >= 4 is 6.21 Å². The number of rotatable bonds is 1. The summed E-state index contributed by atoms with van der Waals surface area (Å²) in [4.78, 5) is 4.37. The monoisotopic (exact) mass is 179 g/mol. The van der Waals surface area contributed by atoms with Crippen LogP contribution in [0.4, 0.5) is 0 Å². The lowest BCUT2D eigenvalue weighted by Crippen LogP contribution is -2.16. The highest BCUT2D eigenvalue weighted by atomic mass is 14.7. The molecule has 1 aliphatic carbocycles. The third-order valence-electron chi connectivity index (χ3n) is 3.69. The second-order valence-corrected chi connectivity index (χ2v) is 4.65. The molecule has 0 aromatic heterocycles. The van der Waals surface area contributed by atoms with Crippen LogP contribution in [0, 0.1) is 11.8 Å². The minimum Gasteiger partial charge on any atom is -0.297 e. The molecule has 1 fully saturated rings. The molecule has 13 heavy (non-hydrogen) atoms. The van der Waals surface area contributed by atoms with E-state index < -0.39 is 0 Å². The summed E-state index contributed by atoms with van der Waals surface area (Å²) < 4.78 is 0. The average molecular weight is 179 g/mol. The third-order valence-corrected chi connectivity index (χ3v) is 3.69. The minimum atomic E-state index is 0.915. The molecule has 0 bridgehead atoms. The second-order valence-electron chi connectivity index (χ2n) is 4.65. The molecule has 1 saturated carbocycles. The van der Waals surface area contributed by atoms with Gasteiger partial charge in [-0.3, -0.25) is 4.99 Å². The summed E-state index contributed by atoms with van der Waals surface area (Å²) >= 11 is 0. The first kappa shape index (κ1) is 9.23. The normalized spacial score (nSPS) is 31.5. The van der Waals surface area contributed by atoms with E-state index in [9.17, 15) is 0 Å². The molecular weight excluding hydrogens is 158 g/mol. The van der Waals surface area contributed by atoms with Crippen molar-refractivity contribution in [1.29, 1.82) is 0 Å². The van der Waals surface area contributed by atoms with E-state index in [1.54, 1.807) is 0 Å². The Morgan fingerprint density at radius 1 is 0.846 bits per heavy atom. The molecule has 1 heteroatoms. The lowest BCUT2D eigenvalue weighted by molar-refractivity contribution is 0.284. The van der Waals surface area contributed by atoms with Gasteiger partial charge >= 0.3 is 0 Å². The molecule has 0 aromatic carbocycles. The van der Waals surface area contributed by atoms with Crippen molar-refractivity contribution in [2.24, 2.45) is 16.8 Å². The highest BCUT2D eigenvalue weighted by molar-refractivity contribution is 5.59. The van der Waals surface area contributed by atoms with Crippen LogP contribution >= 0.6 is 0 Å². The Kier molecular flexibility index (Phi) is 3.40. The van der Waals surface area contributed by atoms with Crippen molar-refractivity contribution in [3.8, 4) is 0 Å². The van der Waals surface area contributed by atoms with Gasteiger partial charge in [-0.05, 0) is 24.5 Å². The zero-order valence-corrected chi connectivity index (χ0v) is 8.54. The highest BCUT2D eigenvalue weighted by Crippen LogP contribution is 2.31. The van der Waals surface area contributed by atoms with E-state index in [0.717, 1.165) is 18.4 Å². The van der Waals surface area contributed by atoms with E-state index >= 15 is 0 Å². The maximum atomic E-state index is 4.37. The zero-order valence-electron chi connectivity index (χ0n) is 8.54. The van der Waals surface area contributed by atoms with E-state index in [0.29, 0.717) is 0 Å². The van der Waals surface area contributed by atoms with Gasteiger partial charge in [-0.25, -0.2) is 0 Å². The van der Waals surface area contributed by atoms with Crippen LogP contribution in [-0.4, -0.2) is 12.8 Å². The summed E-state index contributed by atoms with van der Waals surface area (Å²) in [5.41, 5.74) is 0. The van der Waals surface area contributed by atoms with Crippen LogP contribution in [0.5, 0.6) is 0 Å². The van der Waals surface area contributed by atoms with Crippen molar-refractivity contribution in [3.05, 3.63) is 0 Å². The molecule has 1 nitrogen and oxygen atoms in total. The Bertz CT molecular complexity index is 158. The number of aliphatic imine (C=N–C) groups is 1. The van der Waals surface area contributed by atoms with Crippen LogP contribution in [0.3, 0.4) is 0 Å². The van der Waals surface area contributed by atoms with Gasteiger partial charge in [0.05, 0.1) is 0 Å². The van der Waals surface area contributed by atoms with Gasteiger partial charge in [0.2, 0.25) is 0 Å². The summed E-state index contributed by atoms with van der Waals surface area (Å²) in [6, 6.07) is 0.